The number of ether oxygens (including phenoxy) is 2. The van der Waals surface area contributed by atoms with Crippen LogP contribution in [-0.2, 0) is 4.74 Å². The molecule has 0 unspecified atom stereocenters. The Morgan fingerprint density at radius 1 is 1.05 bits per heavy atom. The summed E-state index contributed by atoms with van der Waals surface area (Å²) >= 11 is 0. The van der Waals surface area contributed by atoms with Gasteiger partial charge in [0.2, 0.25) is 0 Å². The number of carbonyl (C=O) groups excluding carboxylic acids is 1. The summed E-state index contributed by atoms with van der Waals surface area (Å²) in [5.74, 6) is 1.52. The standard InChI is InChI=1S/C15H13NO3.ClH/c17-15-16-14(10-18-15)11-5-4-8-13(9-11)19-12-6-2-1-3-7-12;/h1-9,14H,10H2,(H,16,17);1H/t14-;/m1./s1. The third kappa shape index (κ3) is 3.22. The molecule has 0 aromatic heterocycles. The first kappa shape index (κ1) is 14.2. The molecular weight excluding hydrogens is 278 g/mol. The lowest BCUT2D eigenvalue weighted by molar-refractivity contribution is 0.177. The van der Waals surface area contributed by atoms with Crippen molar-refractivity contribution in [1.82, 2.24) is 5.32 Å². The molecule has 0 saturated carbocycles. The number of hydrogen-bond acceptors (Lipinski definition) is 3. The van der Waals surface area contributed by atoms with Crippen molar-refractivity contribution in [2.45, 2.75) is 6.04 Å². The van der Waals surface area contributed by atoms with E-state index in [0.29, 0.717) is 6.61 Å². The third-order valence-corrected chi connectivity index (χ3v) is 2.91. The first-order chi connectivity index (χ1) is 9.31. The Morgan fingerprint density at radius 2 is 1.80 bits per heavy atom. The van der Waals surface area contributed by atoms with Crippen molar-refractivity contribution in [3.63, 3.8) is 0 Å². The quantitative estimate of drug-likeness (QED) is 0.938. The fourth-order valence-corrected chi connectivity index (χ4v) is 1.98. The summed E-state index contributed by atoms with van der Waals surface area (Å²) < 4.78 is 10.6. The fourth-order valence-electron chi connectivity index (χ4n) is 1.98. The van der Waals surface area contributed by atoms with Crippen LogP contribution in [0.15, 0.2) is 54.6 Å². The van der Waals surface area contributed by atoms with E-state index >= 15 is 0 Å². The van der Waals surface area contributed by atoms with Crippen LogP contribution in [0.1, 0.15) is 11.6 Å². The molecule has 1 saturated heterocycles. The van der Waals surface area contributed by atoms with Crippen LogP contribution in [0.25, 0.3) is 0 Å². The van der Waals surface area contributed by atoms with Crippen molar-refractivity contribution in [3.05, 3.63) is 60.2 Å². The zero-order valence-corrected chi connectivity index (χ0v) is 11.4. The summed E-state index contributed by atoms with van der Waals surface area (Å²) in [6, 6.07) is 17.1. The van der Waals surface area contributed by atoms with Crippen molar-refractivity contribution in [2.24, 2.45) is 0 Å². The van der Waals surface area contributed by atoms with E-state index in [2.05, 4.69) is 5.32 Å². The van der Waals surface area contributed by atoms with E-state index in [4.69, 9.17) is 9.47 Å². The summed E-state index contributed by atoms with van der Waals surface area (Å²) in [6.07, 6.45) is -0.376. The lowest BCUT2D eigenvalue weighted by Gasteiger charge is -2.10. The Hall–Kier alpha value is -2.20. The molecule has 1 heterocycles. The predicted octanol–water partition coefficient (Wildman–Crippen LogP) is 3.68. The highest BCUT2D eigenvalue weighted by atomic mass is 35.5. The molecule has 20 heavy (non-hydrogen) atoms. The van der Waals surface area contributed by atoms with Crippen LogP contribution in [0.5, 0.6) is 11.5 Å². The van der Waals surface area contributed by atoms with E-state index in [1.54, 1.807) is 0 Å². The Bertz CT molecular complexity index is 589. The van der Waals surface area contributed by atoms with Gasteiger partial charge in [-0.25, -0.2) is 4.79 Å². The summed E-state index contributed by atoms with van der Waals surface area (Å²) in [5.41, 5.74) is 0.972. The maximum Gasteiger partial charge on any atom is 0.407 e. The van der Waals surface area contributed by atoms with E-state index in [9.17, 15) is 4.79 Å². The van der Waals surface area contributed by atoms with E-state index in [-0.39, 0.29) is 24.5 Å². The van der Waals surface area contributed by atoms with E-state index < -0.39 is 0 Å². The number of carbonyl (C=O) groups is 1. The van der Waals surface area contributed by atoms with Crippen LogP contribution >= 0.6 is 12.4 Å². The number of alkyl carbamates (subject to hydrolysis) is 1. The lowest BCUT2D eigenvalue weighted by atomic mass is 10.1. The SMILES string of the molecule is Cl.O=C1N[C@@H](c2cccc(Oc3ccccc3)c2)CO1. The molecule has 2 aromatic rings. The second kappa shape index (κ2) is 6.30. The number of amides is 1. The second-order valence-corrected chi connectivity index (χ2v) is 4.28. The molecule has 5 heteroatoms. The van der Waals surface area contributed by atoms with Crippen molar-refractivity contribution in [2.75, 3.05) is 6.61 Å². The molecule has 3 rings (SSSR count). The first-order valence-corrected chi connectivity index (χ1v) is 6.07. The summed E-state index contributed by atoms with van der Waals surface area (Å²) in [6.45, 7) is 0.355. The van der Waals surface area contributed by atoms with E-state index in [1.807, 2.05) is 54.6 Å². The van der Waals surface area contributed by atoms with Crippen LogP contribution in [0.2, 0.25) is 0 Å². The van der Waals surface area contributed by atoms with Crippen LogP contribution in [0.3, 0.4) is 0 Å². The number of cyclic esters (lactones) is 1. The van der Waals surface area contributed by atoms with Crippen molar-refractivity contribution in [3.8, 4) is 11.5 Å². The highest BCUT2D eigenvalue weighted by Crippen LogP contribution is 2.25. The highest BCUT2D eigenvalue weighted by molar-refractivity contribution is 5.85. The first-order valence-electron chi connectivity index (χ1n) is 6.07. The zero-order valence-electron chi connectivity index (χ0n) is 10.6. The minimum absolute atomic E-state index is 0. The minimum Gasteiger partial charge on any atom is -0.457 e. The maximum absolute atomic E-state index is 11.0. The average molecular weight is 292 g/mol. The van der Waals surface area contributed by atoms with Gasteiger partial charge in [0.1, 0.15) is 18.1 Å². The summed E-state index contributed by atoms with van der Waals surface area (Å²) in [4.78, 5) is 11.0. The van der Waals surface area contributed by atoms with Gasteiger partial charge in [0, 0.05) is 0 Å². The van der Waals surface area contributed by atoms with Gasteiger partial charge in [0.15, 0.2) is 0 Å². The largest absolute Gasteiger partial charge is 0.457 e. The molecule has 1 amide bonds. The highest BCUT2D eigenvalue weighted by Gasteiger charge is 2.23. The van der Waals surface area contributed by atoms with Gasteiger partial charge in [-0.15, -0.1) is 12.4 Å². The molecule has 1 N–H and O–H groups in total. The number of halogens is 1. The van der Waals surface area contributed by atoms with Gasteiger partial charge in [-0.1, -0.05) is 30.3 Å². The molecule has 0 bridgehead atoms. The number of hydrogen-bond donors (Lipinski definition) is 1. The van der Waals surface area contributed by atoms with Gasteiger partial charge in [-0.2, -0.15) is 0 Å². The fraction of sp³-hybridized carbons (Fsp3) is 0.133. The van der Waals surface area contributed by atoms with Crippen LogP contribution in [0, 0.1) is 0 Å². The Labute approximate surface area is 123 Å². The second-order valence-electron chi connectivity index (χ2n) is 4.28. The van der Waals surface area contributed by atoms with E-state index in [1.165, 1.54) is 0 Å². The van der Waals surface area contributed by atoms with Crippen LogP contribution < -0.4 is 10.1 Å². The van der Waals surface area contributed by atoms with Crippen molar-refractivity contribution >= 4 is 18.5 Å². The van der Waals surface area contributed by atoms with Gasteiger partial charge >= 0.3 is 6.09 Å². The Balaban J connectivity index is 0.00000147. The van der Waals surface area contributed by atoms with Gasteiger partial charge in [-0.3, -0.25) is 0 Å². The minimum atomic E-state index is -0.376. The van der Waals surface area contributed by atoms with Crippen LogP contribution in [-0.4, -0.2) is 12.7 Å². The summed E-state index contributed by atoms with van der Waals surface area (Å²) in [5, 5.41) is 2.74. The third-order valence-electron chi connectivity index (χ3n) is 2.91. The molecule has 104 valence electrons. The number of para-hydroxylation sites is 1. The summed E-state index contributed by atoms with van der Waals surface area (Å²) in [7, 11) is 0. The topological polar surface area (TPSA) is 47.6 Å². The molecule has 0 radical (unpaired) electrons. The molecule has 1 aliphatic rings. The van der Waals surface area contributed by atoms with Gasteiger partial charge < -0.3 is 14.8 Å². The maximum atomic E-state index is 11.0. The lowest BCUT2D eigenvalue weighted by Crippen LogP contribution is -2.18. The predicted molar refractivity (Wildman–Crippen MR) is 77.4 cm³/mol. The number of benzene rings is 2. The number of rotatable bonds is 3. The molecule has 4 nitrogen and oxygen atoms in total. The molecule has 1 atom stereocenters. The van der Waals surface area contributed by atoms with Crippen LogP contribution in [0.4, 0.5) is 4.79 Å². The average Bonchev–Trinajstić information content (AvgIpc) is 2.87. The normalized spacial score (nSPS) is 16.8. The smallest absolute Gasteiger partial charge is 0.407 e. The monoisotopic (exact) mass is 291 g/mol. The molecule has 1 fully saturated rings. The molecule has 0 aliphatic carbocycles. The Kier molecular flexibility index (Phi) is 4.48. The zero-order chi connectivity index (χ0) is 13.1. The molecule has 0 spiro atoms. The van der Waals surface area contributed by atoms with Gasteiger partial charge in [-0.05, 0) is 29.8 Å². The number of nitrogens with one attached hydrogen (secondary N) is 1. The molecule has 2 aromatic carbocycles. The molecular formula is C15H14ClNO3. The van der Waals surface area contributed by atoms with Gasteiger partial charge in [0.25, 0.3) is 0 Å². The molecule has 1 aliphatic heterocycles. The van der Waals surface area contributed by atoms with Crippen molar-refractivity contribution in [1.29, 1.82) is 0 Å². The Morgan fingerprint density at radius 3 is 2.50 bits per heavy atom. The van der Waals surface area contributed by atoms with Gasteiger partial charge in [0.05, 0.1) is 6.04 Å². The van der Waals surface area contributed by atoms with Crippen molar-refractivity contribution < 1.29 is 14.3 Å². The van der Waals surface area contributed by atoms with E-state index in [0.717, 1.165) is 17.1 Å².